The third-order valence-electron chi connectivity index (χ3n) is 2.58. The molecule has 1 N–H and O–H groups in total. The zero-order valence-corrected chi connectivity index (χ0v) is 9.84. The molecule has 5 heteroatoms. The Morgan fingerprint density at radius 3 is 2.94 bits per heavy atom. The highest BCUT2D eigenvalue weighted by Crippen LogP contribution is 2.18. The van der Waals surface area contributed by atoms with Crippen molar-refractivity contribution in [3.05, 3.63) is 35.7 Å². The van der Waals surface area contributed by atoms with Crippen molar-refractivity contribution in [3.8, 4) is 5.69 Å². The predicted molar refractivity (Wildman–Crippen MR) is 65.2 cm³/mol. The molecule has 88 valence electrons. The van der Waals surface area contributed by atoms with E-state index >= 15 is 0 Å². The molecule has 1 aromatic heterocycles. The molecule has 5 nitrogen and oxygen atoms in total. The van der Waals surface area contributed by atoms with Crippen LogP contribution in [0.2, 0.25) is 0 Å². The Morgan fingerprint density at radius 1 is 1.47 bits per heavy atom. The van der Waals surface area contributed by atoms with Crippen LogP contribution in [0.15, 0.2) is 24.4 Å². The second kappa shape index (κ2) is 4.78. The second-order valence-corrected chi connectivity index (χ2v) is 3.77. The summed E-state index contributed by atoms with van der Waals surface area (Å²) in [5.74, 6) is 0. The Morgan fingerprint density at radius 2 is 2.29 bits per heavy atom. The Labute approximate surface area is 99.5 Å². The highest BCUT2D eigenvalue weighted by Gasteiger charge is 2.05. The van der Waals surface area contributed by atoms with Gasteiger partial charge in [0.1, 0.15) is 0 Å². The first kappa shape index (κ1) is 11.3. The van der Waals surface area contributed by atoms with E-state index in [-0.39, 0.29) is 0 Å². The Bertz CT molecular complexity index is 533. The molecule has 0 spiro atoms. The summed E-state index contributed by atoms with van der Waals surface area (Å²) in [6.45, 7) is 4.03. The summed E-state index contributed by atoms with van der Waals surface area (Å²) in [4.78, 5) is 10.4. The number of anilines is 1. The van der Waals surface area contributed by atoms with E-state index in [9.17, 15) is 4.79 Å². The average Bonchev–Trinajstić information content (AvgIpc) is 2.80. The molecule has 0 unspecified atom stereocenters. The van der Waals surface area contributed by atoms with Gasteiger partial charge in [-0.1, -0.05) is 18.2 Å². The molecule has 2 rings (SSSR count). The van der Waals surface area contributed by atoms with Crippen molar-refractivity contribution in [2.45, 2.75) is 20.3 Å². The van der Waals surface area contributed by atoms with Gasteiger partial charge in [0.2, 0.25) is 6.41 Å². The third kappa shape index (κ3) is 2.33. The summed E-state index contributed by atoms with van der Waals surface area (Å²) in [5.41, 5.74) is 3.69. The number of nitrogens with zero attached hydrogens (tertiary/aromatic N) is 3. The summed E-state index contributed by atoms with van der Waals surface area (Å²) >= 11 is 0. The molecule has 1 amide bonds. The van der Waals surface area contributed by atoms with E-state index in [1.54, 1.807) is 4.68 Å². The fourth-order valence-corrected chi connectivity index (χ4v) is 1.59. The lowest BCUT2D eigenvalue weighted by Gasteiger charge is -2.07. The van der Waals surface area contributed by atoms with Crippen molar-refractivity contribution in [1.29, 1.82) is 0 Å². The molecule has 0 fully saturated rings. The number of rotatable bonds is 4. The van der Waals surface area contributed by atoms with E-state index < -0.39 is 0 Å². The molecular formula is C12H14N4O. The first-order chi connectivity index (χ1) is 8.24. The molecule has 1 heterocycles. The minimum absolute atomic E-state index is 0.660. The number of benzene rings is 1. The maximum atomic E-state index is 10.4. The number of carbonyl (C=O) groups is 1. The zero-order chi connectivity index (χ0) is 12.3. The number of carbonyl (C=O) groups excluding carboxylic acids is 1. The fourth-order valence-electron chi connectivity index (χ4n) is 1.59. The zero-order valence-electron chi connectivity index (χ0n) is 9.84. The molecule has 2 aromatic rings. The number of amides is 1. The lowest BCUT2D eigenvalue weighted by atomic mass is 10.2. The summed E-state index contributed by atoms with van der Waals surface area (Å²) in [6.07, 6.45) is 3.41. The largest absolute Gasteiger partial charge is 0.329 e. The highest BCUT2D eigenvalue weighted by molar-refractivity contribution is 5.72. The first-order valence-electron chi connectivity index (χ1n) is 5.47. The normalized spacial score (nSPS) is 10.2. The topological polar surface area (TPSA) is 59.8 Å². The van der Waals surface area contributed by atoms with Gasteiger partial charge in [-0.3, -0.25) is 4.79 Å². The van der Waals surface area contributed by atoms with E-state index in [1.807, 2.05) is 38.2 Å². The maximum absolute atomic E-state index is 10.4. The average molecular weight is 230 g/mol. The van der Waals surface area contributed by atoms with E-state index in [0.29, 0.717) is 6.41 Å². The number of hydrogen-bond acceptors (Lipinski definition) is 3. The number of hydrogen-bond donors (Lipinski definition) is 1. The lowest BCUT2D eigenvalue weighted by molar-refractivity contribution is -0.105. The van der Waals surface area contributed by atoms with Crippen LogP contribution in [0.4, 0.5) is 5.69 Å². The first-order valence-corrected chi connectivity index (χ1v) is 5.47. The van der Waals surface area contributed by atoms with Gasteiger partial charge in [0.05, 0.1) is 17.6 Å². The molecule has 0 atom stereocenters. The molecular weight excluding hydrogens is 216 g/mol. The Kier molecular flexibility index (Phi) is 3.18. The maximum Gasteiger partial charge on any atom is 0.211 e. The van der Waals surface area contributed by atoms with Gasteiger partial charge in [-0.2, -0.15) is 0 Å². The van der Waals surface area contributed by atoms with Crippen LogP contribution in [0, 0.1) is 6.92 Å². The predicted octanol–water partition coefficient (Wildman–Crippen LogP) is 1.71. The summed E-state index contributed by atoms with van der Waals surface area (Å²) in [6, 6.07) is 5.66. The van der Waals surface area contributed by atoms with Crippen LogP contribution in [-0.4, -0.2) is 21.4 Å². The van der Waals surface area contributed by atoms with Crippen molar-refractivity contribution in [2.75, 3.05) is 5.32 Å². The standard InChI is InChI=1S/C12H14N4O/c1-3-10-7-16(15-14-10)12-6-11(13-8-17)5-4-9(12)2/h4-8H,3H2,1-2H3,(H,13,17). The number of aromatic nitrogens is 3. The molecule has 0 aliphatic heterocycles. The van der Waals surface area contributed by atoms with Crippen molar-refractivity contribution in [2.24, 2.45) is 0 Å². The molecule has 0 saturated heterocycles. The van der Waals surface area contributed by atoms with Gasteiger partial charge in [-0.25, -0.2) is 4.68 Å². The van der Waals surface area contributed by atoms with Crippen LogP contribution in [0.1, 0.15) is 18.2 Å². The van der Waals surface area contributed by atoms with Crippen molar-refractivity contribution in [1.82, 2.24) is 15.0 Å². The fraction of sp³-hybridized carbons (Fsp3) is 0.250. The van der Waals surface area contributed by atoms with Crippen LogP contribution in [0.25, 0.3) is 5.69 Å². The summed E-state index contributed by atoms with van der Waals surface area (Å²) in [5, 5.41) is 10.7. The van der Waals surface area contributed by atoms with Crippen LogP contribution >= 0.6 is 0 Å². The monoisotopic (exact) mass is 230 g/mol. The molecule has 0 saturated carbocycles. The van der Waals surface area contributed by atoms with E-state index in [2.05, 4.69) is 15.6 Å². The van der Waals surface area contributed by atoms with E-state index in [1.165, 1.54) is 0 Å². The van der Waals surface area contributed by atoms with Crippen LogP contribution in [0.3, 0.4) is 0 Å². The smallest absolute Gasteiger partial charge is 0.211 e. The molecule has 0 aliphatic carbocycles. The Balaban J connectivity index is 2.42. The van der Waals surface area contributed by atoms with Gasteiger partial charge < -0.3 is 5.32 Å². The van der Waals surface area contributed by atoms with Crippen molar-refractivity contribution in [3.63, 3.8) is 0 Å². The molecule has 0 radical (unpaired) electrons. The van der Waals surface area contributed by atoms with E-state index in [0.717, 1.165) is 29.1 Å². The van der Waals surface area contributed by atoms with Gasteiger partial charge in [-0.05, 0) is 31.0 Å². The molecule has 17 heavy (non-hydrogen) atoms. The third-order valence-corrected chi connectivity index (χ3v) is 2.58. The summed E-state index contributed by atoms with van der Waals surface area (Å²) in [7, 11) is 0. The molecule has 0 aliphatic rings. The van der Waals surface area contributed by atoms with Crippen LogP contribution in [0.5, 0.6) is 0 Å². The number of aryl methyl sites for hydroxylation is 2. The molecule has 0 bridgehead atoms. The van der Waals surface area contributed by atoms with Gasteiger partial charge >= 0.3 is 0 Å². The van der Waals surface area contributed by atoms with Gasteiger partial charge in [0, 0.05) is 5.69 Å². The van der Waals surface area contributed by atoms with Crippen LogP contribution in [-0.2, 0) is 11.2 Å². The van der Waals surface area contributed by atoms with Gasteiger partial charge in [0.15, 0.2) is 0 Å². The van der Waals surface area contributed by atoms with E-state index in [4.69, 9.17) is 0 Å². The quantitative estimate of drug-likeness (QED) is 0.813. The summed E-state index contributed by atoms with van der Waals surface area (Å²) < 4.78 is 1.73. The van der Waals surface area contributed by atoms with Gasteiger partial charge in [-0.15, -0.1) is 5.10 Å². The van der Waals surface area contributed by atoms with Crippen molar-refractivity contribution < 1.29 is 4.79 Å². The van der Waals surface area contributed by atoms with Crippen LogP contribution < -0.4 is 5.32 Å². The Hall–Kier alpha value is -2.17. The lowest BCUT2D eigenvalue weighted by Crippen LogP contribution is -2.01. The van der Waals surface area contributed by atoms with Crippen molar-refractivity contribution >= 4 is 12.1 Å². The van der Waals surface area contributed by atoms with Gasteiger partial charge in [0.25, 0.3) is 0 Å². The number of nitrogens with one attached hydrogen (secondary N) is 1. The highest BCUT2D eigenvalue weighted by atomic mass is 16.1. The minimum Gasteiger partial charge on any atom is -0.329 e. The second-order valence-electron chi connectivity index (χ2n) is 3.77. The molecule has 1 aromatic carbocycles. The minimum atomic E-state index is 0.660. The SMILES string of the molecule is CCc1cn(-c2cc(NC=O)ccc2C)nn1.